The molecule has 0 aromatic carbocycles. The minimum atomic E-state index is -0.345. The van der Waals surface area contributed by atoms with Crippen LogP contribution in [0.1, 0.15) is 34.1 Å². The fourth-order valence-corrected chi connectivity index (χ4v) is 3.05. The number of hydrogen-bond donors (Lipinski definition) is 3. The molecule has 0 fully saturated rings. The molecule has 0 saturated carbocycles. The third-order valence-corrected chi connectivity index (χ3v) is 4.33. The van der Waals surface area contributed by atoms with Gasteiger partial charge >= 0.3 is 0 Å². The quantitative estimate of drug-likeness (QED) is 0.741. The molecule has 114 valence electrons. The van der Waals surface area contributed by atoms with E-state index in [-0.39, 0.29) is 17.0 Å². The zero-order chi connectivity index (χ0) is 15.5. The summed E-state index contributed by atoms with van der Waals surface area (Å²) in [6.45, 7) is 3.68. The summed E-state index contributed by atoms with van der Waals surface area (Å²) in [6.07, 6.45) is 3.56. The molecule has 3 heterocycles. The van der Waals surface area contributed by atoms with Crippen LogP contribution in [0.5, 0.6) is 0 Å². The Hall–Kier alpha value is -2.48. The maximum atomic E-state index is 11.9. The average Bonchev–Trinajstić information content (AvgIpc) is 3.12. The molecule has 0 aliphatic carbocycles. The van der Waals surface area contributed by atoms with E-state index >= 15 is 0 Å². The predicted molar refractivity (Wildman–Crippen MR) is 82.2 cm³/mol. The van der Waals surface area contributed by atoms with E-state index in [1.54, 1.807) is 30.9 Å². The number of aryl methyl sites for hydroxylation is 1. The molecule has 3 N–H and O–H groups in total. The van der Waals surface area contributed by atoms with Gasteiger partial charge in [-0.25, -0.2) is 0 Å². The van der Waals surface area contributed by atoms with Crippen molar-refractivity contribution in [3.8, 4) is 0 Å². The topological polar surface area (TPSA) is 92.1 Å². The van der Waals surface area contributed by atoms with Gasteiger partial charge in [-0.2, -0.15) is 0 Å². The van der Waals surface area contributed by atoms with E-state index < -0.39 is 0 Å². The van der Waals surface area contributed by atoms with Crippen molar-refractivity contribution in [2.24, 2.45) is 0 Å². The van der Waals surface area contributed by atoms with Crippen molar-refractivity contribution in [2.75, 3.05) is 0 Å². The van der Waals surface area contributed by atoms with E-state index in [4.69, 9.17) is 4.52 Å². The van der Waals surface area contributed by atoms with Gasteiger partial charge in [0.2, 0.25) is 0 Å². The van der Waals surface area contributed by atoms with E-state index in [0.29, 0.717) is 5.76 Å². The molecule has 1 unspecified atom stereocenters. The fourth-order valence-electron chi connectivity index (χ4n) is 1.95. The second-order valence-electron chi connectivity index (χ2n) is 4.78. The van der Waals surface area contributed by atoms with Crippen LogP contribution in [0.2, 0.25) is 0 Å². The number of aromatic nitrogens is 2. The molecule has 1 aliphatic heterocycles. The smallest absolute Gasteiger partial charge is 0.291 e. The summed E-state index contributed by atoms with van der Waals surface area (Å²) in [5.74, 6) is 0.247. The van der Waals surface area contributed by atoms with Gasteiger partial charge < -0.3 is 9.84 Å². The van der Waals surface area contributed by atoms with Crippen molar-refractivity contribution in [1.29, 1.82) is 0 Å². The van der Waals surface area contributed by atoms with Crippen LogP contribution < -0.4 is 16.2 Å². The first kappa shape index (κ1) is 14.5. The molecule has 0 radical (unpaired) electrons. The highest BCUT2D eigenvalue weighted by Crippen LogP contribution is 2.37. The lowest BCUT2D eigenvalue weighted by molar-refractivity contribution is 0.0931. The van der Waals surface area contributed by atoms with E-state index in [0.717, 1.165) is 16.3 Å². The molecule has 1 atom stereocenters. The predicted octanol–water partition coefficient (Wildman–Crippen LogP) is 1.84. The van der Waals surface area contributed by atoms with Gasteiger partial charge in [0.15, 0.2) is 5.69 Å². The Morgan fingerprint density at radius 3 is 3.00 bits per heavy atom. The van der Waals surface area contributed by atoms with Gasteiger partial charge in [-0.05, 0) is 19.9 Å². The molecule has 2 aromatic rings. The van der Waals surface area contributed by atoms with Crippen molar-refractivity contribution in [3.05, 3.63) is 58.3 Å². The molecule has 1 aliphatic rings. The third kappa shape index (κ3) is 3.06. The Labute approximate surface area is 131 Å². The minimum absolute atomic E-state index is 0.0717. The van der Waals surface area contributed by atoms with Crippen LogP contribution >= 0.6 is 11.8 Å². The molecule has 0 saturated heterocycles. The van der Waals surface area contributed by atoms with Crippen LogP contribution in [0.25, 0.3) is 0 Å². The number of nitrogens with one attached hydrogen (secondary N) is 3. The number of pyridine rings is 1. The highest BCUT2D eigenvalue weighted by Gasteiger charge is 2.24. The van der Waals surface area contributed by atoms with E-state index in [2.05, 4.69) is 26.3 Å². The van der Waals surface area contributed by atoms with Crippen molar-refractivity contribution >= 4 is 17.7 Å². The zero-order valence-electron chi connectivity index (χ0n) is 12.1. The Morgan fingerprint density at radius 1 is 1.45 bits per heavy atom. The average molecular weight is 317 g/mol. The summed E-state index contributed by atoms with van der Waals surface area (Å²) < 4.78 is 4.88. The van der Waals surface area contributed by atoms with E-state index in [1.165, 1.54) is 0 Å². The third-order valence-electron chi connectivity index (χ3n) is 3.06. The number of amides is 1. The first-order valence-electron chi connectivity index (χ1n) is 6.67. The molecule has 8 heteroatoms. The van der Waals surface area contributed by atoms with Crippen molar-refractivity contribution in [2.45, 2.75) is 19.2 Å². The SMILES string of the molecule is CC1=C(NNC(=O)c2cc(C)on2)SC(c2cccnc2)N1. The maximum absolute atomic E-state index is 11.9. The van der Waals surface area contributed by atoms with Crippen LogP contribution in [-0.4, -0.2) is 16.0 Å². The van der Waals surface area contributed by atoms with Gasteiger partial charge in [0.05, 0.1) is 0 Å². The second-order valence-corrected chi connectivity index (χ2v) is 5.90. The molecule has 2 aromatic heterocycles. The van der Waals surface area contributed by atoms with Gasteiger partial charge in [0.25, 0.3) is 5.91 Å². The van der Waals surface area contributed by atoms with Gasteiger partial charge in [0.1, 0.15) is 16.2 Å². The van der Waals surface area contributed by atoms with Crippen LogP contribution in [0.15, 0.2) is 45.8 Å². The largest absolute Gasteiger partial charge is 0.371 e. The first-order valence-corrected chi connectivity index (χ1v) is 7.55. The summed E-state index contributed by atoms with van der Waals surface area (Å²) >= 11 is 1.57. The number of hydrazine groups is 1. The highest BCUT2D eigenvalue weighted by atomic mass is 32.2. The Bertz CT molecular complexity index is 713. The van der Waals surface area contributed by atoms with Gasteiger partial charge in [0, 0.05) is 29.7 Å². The van der Waals surface area contributed by atoms with Crippen LogP contribution in [-0.2, 0) is 0 Å². The molecule has 3 rings (SSSR count). The molecule has 22 heavy (non-hydrogen) atoms. The fraction of sp³-hybridized carbons (Fsp3) is 0.214. The van der Waals surface area contributed by atoms with Gasteiger partial charge in [-0.3, -0.25) is 20.6 Å². The number of rotatable bonds is 4. The Morgan fingerprint density at radius 2 is 2.32 bits per heavy atom. The summed E-state index contributed by atoms with van der Waals surface area (Å²) in [5, 5.41) is 7.93. The number of allylic oxidation sites excluding steroid dienone is 1. The zero-order valence-corrected chi connectivity index (χ0v) is 12.9. The molecule has 1 amide bonds. The Kier molecular flexibility index (Phi) is 4.01. The minimum Gasteiger partial charge on any atom is -0.371 e. The highest BCUT2D eigenvalue weighted by molar-refractivity contribution is 8.03. The summed E-state index contributed by atoms with van der Waals surface area (Å²) in [4.78, 5) is 16.0. The number of hydrogen-bond acceptors (Lipinski definition) is 7. The number of thioether (sulfide) groups is 1. The van der Waals surface area contributed by atoms with E-state index in [1.807, 2.05) is 25.3 Å². The first-order chi connectivity index (χ1) is 10.6. The van der Waals surface area contributed by atoms with Crippen molar-refractivity contribution in [1.82, 2.24) is 26.3 Å². The molecular formula is C14H15N5O2S. The molecule has 7 nitrogen and oxygen atoms in total. The lowest BCUT2D eigenvalue weighted by atomic mass is 10.3. The second kappa shape index (κ2) is 6.10. The van der Waals surface area contributed by atoms with Crippen LogP contribution in [0.3, 0.4) is 0 Å². The van der Waals surface area contributed by atoms with E-state index in [9.17, 15) is 4.79 Å². The van der Waals surface area contributed by atoms with Crippen molar-refractivity contribution in [3.63, 3.8) is 0 Å². The number of carbonyl (C=O) groups is 1. The number of carbonyl (C=O) groups excluding carboxylic acids is 1. The summed E-state index contributed by atoms with van der Waals surface area (Å²) in [5.41, 5.74) is 7.79. The van der Waals surface area contributed by atoms with Crippen LogP contribution in [0.4, 0.5) is 0 Å². The standard InChI is InChI=1S/C14H15N5O2S/c1-8-6-11(19-21-8)12(20)17-18-13-9(2)16-14(22-13)10-4-3-5-15-7-10/h3-7,14,16,18H,1-2H3,(H,17,20). The lowest BCUT2D eigenvalue weighted by Crippen LogP contribution is -2.36. The normalized spacial score (nSPS) is 17.3. The monoisotopic (exact) mass is 317 g/mol. The summed E-state index contributed by atoms with van der Waals surface area (Å²) in [7, 11) is 0. The molecule has 0 bridgehead atoms. The van der Waals surface area contributed by atoms with Crippen molar-refractivity contribution < 1.29 is 9.32 Å². The lowest BCUT2D eigenvalue weighted by Gasteiger charge is -2.11. The van der Waals surface area contributed by atoms with Crippen LogP contribution in [0, 0.1) is 6.92 Å². The Balaban J connectivity index is 1.59. The van der Waals surface area contributed by atoms with Gasteiger partial charge in [-0.1, -0.05) is 23.0 Å². The summed E-state index contributed by atoms with van der Waals surface area (Å²) in [6, 6.07) is 5.48. The number of nitrogens with zero attached hydrogens (tertiary/aromatic N) is 2. The molecule has 0 spiro atoms. The van der Waals surface area contributed by atoms with Gasteiger partial charge in [-0.15, -0.1) is 0 Å². The molecular weight excluding hydrogens is 302 g/mol. The maximum Gasteiger partial charge on any atom is 0.291 e.